The van der Waals surface area contributed by atoms with Gasteiger partial charge < -0.3 is 20.5 Å². The molecule has 0 aromatic carbocycles. The Morgan fingerprint density at radius 3 is 2.62 bits per heavy atom. The molecule has 3 N–H and O–H groups in total. The van der Waals surface area contributed by atoms with Crippen LogP contribution in [0.4, 0.5) is 11.1 Å². The SMILES string of the molecule is CCOC(=O)CSc1nnc(N)n1C(C)C(=O)Nc1nc(CC(=O)OCC)cs1. The number of rotatable bonds is 10. The number of amides is 1. The molecule has 2 rings (SSSR count). The lowest BCUT2D eigenvalue weighted by molar-refractivity contribution is -0.142. The van der Waals surface area contributed by atoms with E-state index in [1.807, 2.05) is 0 Å². The molecular weight excluding hydrogens is 420 g/mol. The van der Waals surface area contributed by atoms with Gasteiger partial charge in [0.1, 0.15) is 6.04 Å². The summed E-state index contributed by atoms with van der Waals surface area (Å²) >= 11 is 2.27. The maximum Gasteiger partial charge on any atom is 0.316 e. The maximum atomic E-state index is 12.6. The molecule has 2 aromatic heterocycles. The Kier molecular flexibility index (Phi) is 8.39. The monoisotopic (exact) mass is 442 g/mol. The lowest BCUT2D eigenvalue weighted by atomic mass is 10.3. The normalized spacial score (nSPS) is 11.7. The van der Waals surface area contributed by atoms with Gasteiger partial charge in [0.05, 0.1) is 31.1 Å². The van der Waals surface area contributed by atoms with Crippen molar-refractivity contribution >= 4 is 52.0 Å². The summed E-state index contributed by atoms with van der Waals surface area (Å²) in [5.74, 6) is -1.12. The van der Waals surface area contributed by atoms with Crippen molar-refractivity contribution in [1.82, 2.24) is 19.7 Å². The molecule has 0 bridgehead atoms. The Labute approximate surface area is 175 Å². The third kappa shape index (κ3) is 6.42. The van der Waals surface area contributed by atoms with Gasteiger partial charge in [0.25, 0.3) is 0 Å². The minimum absolute atomic E-state index is 0.0179. The lowest BCUT2D eigenvalue weighted by Gasteiger charge is -2.15. The number of hydrogen-bond acceptors (Lipinski definition) is 11. The highest BCUT2D eigenvalue weighted by molar-refractivity contribution is 7.99. The number of aromatic nitrogens is 4. The van der Waals surface area contributed by atoms with Crippen molar-refractivity contribution in [3.8, 4) is 0 Å². The second-order valence-corrected chi connectivity index (χ2v) is 7.40. The quantitative estimate of drug-likeness (QED) is 0.406. The van der Waals surface area contributed by atoms with E-state index in [9.17, 15) is 14.4 Å². The minimum atomic E-state index is -0.757. The molecule has 0 radical (unpaired) electrons. The molecule has 0 saturated carbocycles. The summed E-state index contributed by atoms with van der Waals surface area (Å²) in [4.78, 5) is 39.9. The zero-order valence-corrected chi connectivity index (χ0v) is 17.8. The van der Waals surface area contributed by atoms with E-state index >= 15 is 0 Å². The highest BCUT2D eigenvalue weighted by Crippen LogP contribution is 2.25. The third-order valence-electron chi connectivity index (χ3n) is 3.49. The summed E-state index contributed by atoms with van der Waals surface area (Å²) in [6.07, 6.45) is 0.0306. The van der Waals surface area contributed by atoms with Crippen LogP contribution in [0.5, 0.6) is 0 Å². The Hall–Kier alpha value is -2.67. The number of esters is 2. The van der Waals surface area contributed by atoms with Crippen LogP contribution in [0.25, 0.3) is 0 Å². The molecule has 1 unspecified atom stereocenters. The molecule has 0 aliphatic carbocycles. The van der Waals surface area contributed by atoms with Crippen LogP contribution in [0.3, 0.4) is 0 Å². The van der Waals surface area contributed by atoms with Crippen LogP contribution in [-0.2, 0) is 30.3 Å². The number of nitrogen functional groups attached to an aromatic ring is 1. The third-order valence-corrected chi connectivity index (χ3v) is 5.22. The molecule has 0 aliphatic heterocycles. The first-order chi connectivity index (χ1) is 13.8. The average molecular weight is 443 g/mol. The highest BCUT2D eigenvalue weighted by atomic mass is 32.2. The van der Waals surface area contributed by atoms with Crippen LogP contribution < -0.4 is 11.1 Å². The number of hydrogen-bond donors (Lipinski definition) is 2. The van der Waals surface area contributed by atoms with Crippen molar-refractivity contribution < 1.29 is 23.9 Å². The molecule has 11 nitrogen and oxygen atoms in total. The minimum Gasteiger partial charge on any atom is -0.466 e. The number of carbonyl (C=O) groups is 3. The van der Waals surface area contributed by atoms with Crippen LogP contribution in [0, 0.1) is 0 Å². The predicted octanol–water partition coefficient (Wildman–Crippen LogP) is 1.28. The molecule has 0 fully saturated rings. The van der Waals surface area contributed by atoms with Gasteiger partial charge in [0, 0.05) is 5.38 Å². The second kappa shape index (κ2) is 10.8. The molecule has 2 aromatic rings. The van der Waals surface area contributed by atoms with Crippen molar-refractivity contribution in [2.45, 2.75) is 38.4 Å². The van der Waals surface area contributed by atoms with Gasteiger partial charge in [-0.3, -0.25) is 19.0 Å². The fourth-order valence-electron chi connectivity index (χ4n) is 2.21. The lowest BCUT2D eigenvalue weighted by Crippen LogP contribution is -2.25. The largest absolute Gasteiger partial charge is 0.466 e. The number of ether oxygens (including phenoxy) is 2. The number of nitrogens with zero attached hydrogens (tertiary/aromatic N) is 4. The average Bonchev–Trinajstić information content (AvgIpc) is 3.25. The summed E-state index contributed by atoms with van der Waals surface area (Å²) in [5.41, 5.74) is 6.35. The topological polar surface area (TPSA) is 151 Å². The van der Waals surface area contributed by atoms with Gasteiger partial charge >= 0.3 is 11.9 Å². The first-order valence-corrected chi connectivity index (χ1v) is 10.6. The smallest absolute Gasteiger partial charge is 0.316 e. The number of nitrogens with one attached hydrogen (secondary N) is 1. The van der Waals surface area contributed by atoms with Crippen LogP contribution in [0.2, 0.25) is 0 Å². The van der Waals surface area contributed by atoms with Crippen LogP contribution in [0.15, 0.2) is 10.5 Å². The summed E-state index contributed by atoms with van der Waals surface area (Å²) in [6.45, 7) is 5.63. The number of anilines is 2. The van der Waals surface area contributed by atoms with Crippen molar-refractivity contribution in [3.63, 3.8) is 0 Å². The van der Waals surface area contributed by atoms with E-state index in [1.165, 1.54) is 15.9 Å². The van der Waals surface area contributed by atoms with Crippen molar-refractivity contribution in [2.75, 3.05) is 30.0 Å². The van der Waals surface area contributed by atoms with Crippen molar-refractivity contribution in [2.24, 2.45) is 0 Å². The van der Waals surface area contributed by atoms with Crippen LogP contribution >= 0.6 is 23.1 Å². The van der Waals surface area contributed by atoms with Gasteiger partial charge in [-0.05, 0) is 20.8 Å². The molecule has 1 amide bonds. The summed E-state index contributed by atoms with van der Waals surface area (Å²) < 4.78 is 11.2. The number of nitrogens with two attached hydrogens (primary N) is 1. The predicted molar refractivity (Wildman–Crippen MR) is 108 cm³/mol. The molecule has 2 heterocycles. The molecule has 0 aliphatic rings. The van der Waals surface area contributed by atoms with E-state index < -0.39 is 17.9 Å². The number of carbonyl (C=O) groups excluding carboxylic acids is 3. The van der Waals surface area contributed by atoms with E-state index in [4.69, 9.17) is 15.2 Å². The van der Waals surface area contributed by atoms with Gasteiger partial charge in [-0.15, -0.1) is 21.5 Å². The van der Waals surface area contributed by atoms with Gasteiger partial charge in [-0.25, -0.2) is 4.98 Å². The Balaban J connectivity index is 2.01. The van der Waals surface area contributed by atoms with Gasteiger partial charge in [0.15, 0.2) is 10.3 Å². The number of thiazole rings is 1. The van der Waals surface area contributed by atoms with Gasteiger partial charge in [-0.1, -0.05) is 11.8 Å². The molecular formula is C16H22N6O5S2. The molecule has 1 atom stereocenters. The molecule has 29 heavy (non-hydrogen) atoms. The maximum absolute atomic E-state index is 12.6. The highest BCUT2D eigenvalue weighted by Gasteiger charge is 2.24. The fraction of sp³-hybridized carbons (Fsp3) is 0.500. The molecule has 0 spiro atoms. The Morgan fingerprint density at radius 1 is 1.24 bits per heavy atom. The van der Waals surface area contributed by atoms with Crippen LogP contribution in [-0.4, -0.2) is 56.6 Å². The van der Waals surface area contributed by atoms with E-state index in [2.05, 4.69) is 20.5 Å². The molecule has 158 valence electrons. The van der Waals surface area contributed by atoms with Gasteiger partial charge in [-0.2, -0.15) is 0 Å². The van der Waals surface area contributed by atoms with Crippen molar-refractivity contribution in [3.05, 3.63) is 11.1 Å². The van der Waals surface area contributed by atoms with E-state index in [-0.39, 0.29) is 30.7 Å². The summed E-state index contributed by atoms with van der Waals surface area (Å²) in [6, 6.07) is -0.757. The van der Waals surface area contributed by atoms with E-state index in [1.54, 1.807) is 26.2 Å². The zero-order valence-electron chi connectivity index (χ0n) is 16.2. The summed E-state index contributed by atoms with van der Waals surface area (Å²) in [5, 5.41) is 12.7. The first kappa shape index (κ1) is 22.6. The van der Waals surface area contributed by atoms with Crippen LogP contribution in [0.1, 0.15) is 32.5 Å². The summed E-state index contributed by atoms with van der Waals surface area (Å²) in [7, 11) is 0. The fourth-order valence-corrected chi connectivity index (χ4v) is 3.74. The molecule has 0 saturated heterocycles. The molecule has 13 heteroatoms. The zero-order chi connectivity index (χ0) is 21.4. The van der Waals surface area contributed by atoms with Crippen molar-refractivity contribution in [1.29, 1.82) is 0 Å². The standard InChI is InChI=1S/C16H22N6O5S2/c1-4-26-11(23)6-10-7-28-15(18-10)19-13(25)9(3)22-14(17)20-21-16(22)29-8-12(24)27-5-2/h7,9H,4-6,8H2,1-3H3,(H2,17,20)(H,18,19,25). The second-order valence-electron chi connectivity index (χ2n) is 5.60. The Bertz CT molecular complexity index is 868. The first-order valence-electron chi connectivity index (χ1n) is 8.75. The van der Waals surface area contributed by atoms with E-state index in [0.717, 1.165) is 11.8 Å². The number of thioether (sulfide) groups is 1. The van der Waals surface area contributed by atoms with E-state index in [0.29, 0.717) is 22.6 Å². The van der Waals surface area contributed by atoms with Gasteiger partial charge in [0.2, 0.25) is 11.9 Å². The Morgan fingerprint density at radius 2 is 1.93 bits per heavy atom.